The summed E-state index contributed by atoms with van der Waals surface area (Å²) < 4.78 is 83.9. The summed E-state index contributed by atoms with van der Waals surface area (Å²) in [6.45, 7) is 7.81. The van der Waals surface area contributed by atoms with Gasteiger partial charge in [-0.25, -0.2) is 22.0 Å². The van der Waals surface area contributed by atoms with Gasteiger partial charge in [0.2, 0.25) is 5.82 Å². The van der Waals surface area contributed by atoms with Gasteiger partial charge in [0.25, 0.3) is 0 Å². The number of ether oxygens (including phenoxy) is 2. The van der Waals surface area contributed by atoms with Crippen molar-refractivity contribution in [2.75, 3.05) is 37.1 Å². The number of methoxy groups -OCH3 is 2. The highest BCUT2D eigenvalue weighted by molar-refractivity contribution is 5.70. The molecule has 0 aromatic heterocycles. The molecule has 1 heterocycles. The van der Waals surface area contributed by atoms with Crippen LogP contribution in [-0.4, -0.2) is 27.3 Å². The van der Waals surface area contributed by atoms with Gasteiger partial charge < -0.3 is 19.3 Å². The lowest BCUT2D eigenvalue weighted by Crippen LogP contribution is -2.35. The molecule has 0 N–H and O–H groups in total. The van der Waals surface area contributed by atoms with E-state index in [0.717, 1.165) is 22.3 Å². The topological polar surface area (TPSA) is 24.9 Å². The number of benzene rings is 3. The lowest BCUT2D eigenvalue weighted by atomic mass is 10.0. The van der Waals surface area contributed by atoms with Crippen LogP contribution in [0.15, 0.2) is 24.3 Å². The maximum absolute atomic E-state index is 15.3. The lowest BCUT2D eigenvalue weighted by molar-refractivity contribution is 0.364. The van der Waals surface area contributed by atoms with Gasteiger partial charge in [0.15, 0.2) is 23.3 Å². The van der Waals surface area contributed by atoms with Crippen molar-refractivity contribution in [2.45, 2.75) is 33.9 Å². The first kappa shape index (κ1) is 25.6. The van der Waals surface area contributed by atoms with Gasteiger partial charge >= 0.3 is 0 Å². The Morgan fingerprint density at radius 2 is 0.889 bits per heavy atom. The molecular weight excluding hydrogens is 479 g/mol. The van der Waals surface area contributed by atoms with E-state index < -0.39 is 40.8 Å². The molecule has 1 saturated heterocycles. The number of anilines is 2. The highest BCUT2D eigenvalue weighted by Gasteiger charge is 2.42. The summed E-state index contributed by atoms with van der Waals surface area (Å²) in [4.78, 5) is 3.37. The molecule has 0 saturated carbocycles. The second-order valence-corrected chi connectivity index (χ2v) is 8.96. The van der Waals surface area contributed by atoms with Crippen LogP contribution in [0.25, 0.3) is 0 Å². The molecule has 0 amide bonds. The summed E-state index contributed by atoms with van der Waals surface area (Å²) in [5, 5.41) is 0. The average Bonchev–Trinajstić information content (AvgIpc) is 3.24. The number of hydrogen-bond acceptors (Lipinski definition) is 4. The van der Waals surface area contributed by atoms with Crippen LogP contribution in [0.2, 0.25) is 0 Å². The third-order valence-electron chi connectivity index (χ3n) is 6.65. The number of aryl methyl sites for hydroxylation is 4. The van der Waals surface area contributed by atoms with Crippen molar-refractivity contribution in [3.05, 3.63) is 81.2 Å². The van der Waals surface area contributed by atoms with Crippen LogP contribution >= 0.6 is 0 Å². The average molecular weight is 507 g/mol. The first-order valence-corrected chi connectivity index (χ1v) is 11.4. The Hall–Kier alpha value is -3.49. The largest absolute Gasteiger partial charge is 0.497 e. The van der Waals surface area contributed by atoms with Gasteiger partial charge in [-0.15, -0.1) is 0 Å². The zero-order valence-electron chi connectivity index (χ0n) is 20.9. The summed E-state index contributed by atoms with van der Waals surface area (Å²) in [7, 11) is 3.05. The molecule has 1 fully saturated rings. The summed E-state index contributed by atoms with van der Waals surface area (Å²) in [6.07, 6.45) is -1.30. The molecule has 0 atom stereocenters. The van der Waals surface area contributed by atoms with Gasteiger partial charge in [-0.3, -0.25) is 0 Å². The number of halogens is 5. The van der Waals surface area contributed by atoms with E-state index in [9.17, 15) is 13.2 Å². The molecular formula is C27H27F5N2O2. The van der Waals surface area contributed by atoms with Gasteiger partial charge in [0.1, 0.15) is 17.7 Å². The minimum atomic E-state index is -2.18. The molecule has 0 bridgehead atoms. The molecule has 3 aromatic carbocycles. The van der Waals surface area contributed by atoms with Crippen molar-refractivity contribution < 1.29 is 31.4 Å². The Bertz CT molecular complexity index is 1200. The van der Waals surface area contributed by atoms with Gasteiger partial charge in [-0.05, 0) is 74.2 Å². The number of rotatable bonds is 5. The summed E-state index contributed by atoms with van der Waals surface area (Å²) >= 11 is 0. The Morgan fingerprint density at radius 1 is 0.583 bits per heavy atom. The van der Waals surface area contributed by atoms with Crippen molar-refractivity contribution in [2.24, 2.45) is 0 Å². The van der Waals surface area contributed by atoms with E-state index in [0.29, 0.717) is 22.9 Å². The van der Waals surface area contributed by atoms with Crippen LogP contribution in [0, 0.1) is 56.8 Å². The lowest BCUT2D eigenvalue weighted by Gasteiger charge is -2.36. The van der Waals surface area contributed by atoms with Crippen LogP contribution < -0.4 is 19.3 Å². The molecule has 1 aliphatic rings. The van der Waals surface area contributed by atoms with Crippen molar-refractivity contribution >= 4 is 11.4 Å². The van der Waals surface area contributed by atoms with E-state index in [-0.39, 0.29) is 13.1 Å². The number of nitrogens with zero attached hydrogens (tertiary/aromatic N) is 2. The molecule has 0 radical (unpaired) electrons. The fourth-order valence-electron chi connectivity index (χ4n) is 5.23. The third kappa shape index (κ3) is 4.00. The molecule has 0 unspecified atom stereocenters. The van der Waals surface area contributed by atoms with Crippen LogP contribution in [-0.2, 0) is 0 Å². The SMILES string of the molecule is COc1cc(C)c(N2CCN(c3c(C)cc(OC)cc3C)C2c2c(F)c(F)c(F)c(F)c2F)c(C)c1. The van der Waals surface area contributed by atoms with Crippen LogP contribution in [0.3, 0.4) is 0 Å². The molecule has 0 spiro atoms. The molecule has 0 aliphatic carbocycles. The Morgan fingerprint density at radius 3 is 1.19 bits per heavy atom. The zero-order chi connectivity index (χ0) is 26.5. The van der Waals surface area contributed by atoms with Crippen LogP contribution in [0.5, 0.6) is 11.5 Å². The first-order chi connectivity index (χ1) is 17.0. The minimum Gasteiger partial charge on any atom is -0.497 e. The van der Waals surface area contributed by atoms with Crippen LogP contribution in [0.4, 0.5) is 33.3 Å². The van der Waals surface area contributed by atoms with Gasteiger partial charge in [0, 0.05) is 24.5 Å². The molecule has 4 rings (SSSR count). The minimum absolute atomic E-state index is 0.281. The quantitative estimate of drug-likeness (QED) is 0.220. The van der Waals surface area contributed by atoms with Gasteiger partial charge in [-0.2, -0.15) is 0 Å². The summed E-state index contributed by atoms with van der Waals surface area (Å²) in [5.41, 5.74) is 3.34. The van der Waals surface area contributed by atoms with E-state index in [1.807, 2.05) is 27.7 Å². The Balaban J connectivity index is 2.00. The molecule has 4 nitrogen and oxygen atoms in total. The predicted octanol–water partition coefficient (Wildman–Crippen LogP) is 6.66. The van der Waals surface area contributed by atoms with E-state index in [1.165, 1.54) is 14.2 Å². The monoisotopic (exact) mass is 506 g/mol. The van der Waals surface area contributed by atoms with Crippen molar-refractivity contribution in [1.29, 1.82) is 0 Å². The standard InChI is InChI=1S/C27H27F5N2O2/c1-13-9-17(35-5)10-14(2)25(13)33-7-8-34(26-15(3)11-18(36-6)12-16(26)4)27(33)19-20(28)22(30)24(32)23(31)21(19)29/h9-12,27H,7-8H2,1-6H3. The maximum atomic E-state index is 15.3. The van der Waals surface area contributed by atoms with E-state index >= 15 is 8.78 Å². The van der Waals surface area contributed by atoms with E-state index in [2.05, 4.69) is 0 Å². The van der Waals surface area contributed by atoms with Crippen molar-refractivity contribution in [3.63, 3.8) is 0 Å². The maximum Gasteiger partial charge on any atom is 0.200 e. The van der Waals surface area contributed by atoms with Crippen molar-refractivity contribution in [1.82, 2.24) is 0 Å². The second-order valence-electron chi connectivity index (χ2n) is 8.96. The normalized spacial score (nSPS) is 14.1. The Kier molecular flexibility index (Phi) is 6.77. The Labute approximate surface area is 206 Å². The fraction of sp³-hybridized carbons (Fsp3) is 0.333. The molecule has 1 aliphatic heterocycles. The molecule has 3 aromatic rings. The molecule has 192 valence electrons. The van der Waals surface area contributed by atoms with Gasteiger partial charge in [0.05, 0.1) is 19.8 Å². The smallest absolute Gasteiger partial charge is 0.200 e. The summed E-state index contributed by atoms with van der Waals surface area (Å²) in [5.74, 6) is -8.62. The number of hydrogen-bond donors (Lipinski definition) is 0. The second kappa shape index (κ2) is 9.52. The fourth-order valence-corrected chi connectivity index (χ4v) is 5.23. The predicted molar refractivity (Wildman–Crippen MR) is 129 cm³/mol. The van der Waals surface area contributed by atoms with Crippen LogP contribution in [0.1, 0.15) is 34.0 Å². The zero-order valence-corrected chi connectivity index (χ0v) is 20.9. The third-order valence-corrected chi connectivity index (χ3v) is 6.65. The highest BCUT2D eigenvalue weighted by Crippen LogP contribution is 2.45. The van der Waals surface area contributed by atoms with E-state index in [4.69, 9.17) is 9.47 Å². The molecule has 9 heteroatoms. The van der Waals surface area contributed by atoms with Gasteiger partial charge in [-0.1, -0.05) is 0 Å². The van der Waals surface area contributed by atoms with E-state index in [1.54, 1.807) is 34.1 Å². The molecule has 36 heavy (non-hydrogen) atoms. The highest BCUT2D eigenvalue weighted by atomic mass is 19.2. The van der Waals surface area contributed by atoms with Crippen molar-refractivity contribution in [3.8, 4) is 11.5 Å². The first-order valence-electron chi connectivity index (χ1n) is 11.4. The summed E-state index contributed by atoms with van der Waals surface area (Å²) in [6, 6.07) is 7.07.